The Bertz CT molecular complexity index is 1250. The molecule has 4 nitrogen and oxygen atoms in total. The number of thioether (sulfide) groups is 1. The normalized spacial score (nSPS) is 14.9. The van der Waals surface area contributed by atoms with E-state index in [0.717, 1.165) is 22.5 Å². The van der Waals surface area contributed by atoms with Gasteiger partial charge >= 0.3 is 6.03 Å². The molecule has 6 heteroatoms. The van der Waals surface area contributed by atoms with Crippen molar-refractivity contribution >= 4 is 23.5 Å². The monoisotopic (exact) mass is 443 g/mol. The minimum Gasteiger partial charge on any atom is -0.318 e. The van der Waals surface area contributed by atoms with Gasteiger partial charge in [-0.15, -0.1) is 11.8 Å². The molecule has 1 unspecified atom stereocenters. The van der Waals surface area contributed by atoms with E-state index in [0.29, 0.717) is 12.2 Å². The van der Waals surface area contributed by atoms with Gasteiger partial charge in [0.2, 0.25) is 0 Å². The van der Waals surface area contributed by atoms with Gasteiger partial charge in [0.25, 0.3) is 0 Å². The number of fused-ring (bicyclic) bond motifs is 3. The van der Waals surface area contributed by atoms with Crippen molar-refractivity contribution in [3.8, 4) is 5.69 Å². The molecule has 1 N–H and O–H groups in total. The molecule has 5 rings (SSSR count). The Morgan fingerprint density at radius 3 is 2.47 bits per heavy atom. The minimum atomic E-state index is -0.337. The number of benzene rings is 3. The highest BCUT2D eigenvalue weighted by atomic mass is 32.2. The predicted octanol–water partition coefficient (Wildman–Crippen LogP) is 6.48. The van der Waals surface area contributed by atoms with Crippen molar-refractivity contribution in [2.45, 2.75) is 17.5 Å². The number of urea groups is 1. The summed E-state index contributed by atoms with van der Waals surface area (Å²) in [5.74, 6) is -0.337. The Balaban J connectivity index is 1.61. The molecule has 0 aliphatic carbocycles. The van der Waals surface area contributed by atoms with Crippen LogP contribution in [0.15, 0.2) is 96.0 Å². The quantitative estimate of drug-likeness (QED) is 0.368. The van der Waals surface area contributed by atoms with Crippen molar-refractivity contribution in [3.63, 3.8) is 0 Å². The van der Waals surface area contributed by atoms with Gasteiger partial charge in [-0.05, 0) is 72.0 Å². The van der Waals surface area contributed by atoms with Crippen LogP contribution in [0.1, 0.15) is 22.9 Å². The smallest absolute Gasteiger partial charge is 0.318 e. The van der Waals surface area contributed by atoms with Gasteiger partial charge in [-0.25, -0.2) is 9.18 Å². The number of carbonyl (C=O) groups is 1. The number of para-hydroxylation sites is 1. The van der Waals surface area contributed by atoms with Gasteiger partial charge in [-0.1, -0.05) is 30.3 Å². The number of aromatic nitrogens is 1. The van der Waals surface area contributed by atoms with E-state index >= 15 is 0 Å². The molecule has 0 fully saturated rings. The van der Waals surface area contributed by atoms with Gasteiger partial charge in [0.1, 0.15) is 5.82 Å². The number of hydrogen-bond acceptors (Lipinski definition) is 2. The standard InChI is InChI=1S/C26H22FN3OS/c1-32-22-14-8-18(9-15-22)25-24-7-4-16-29(24)23-6-3-2-5-19(23)17-30(25)26(31)28-21-12-10-20(27)11-13-21/h2-16,25H,17H2,1H3,(H,28,31). The fraction of sp³-hybridized carbons (Fsp3) is 0.115. The first kappa shape index (κ1) is 20.4. The summed E-state index contributed by atoms with van der Waals surface area (Å²) in [6.07, 6.45) is 4.09. The Hall–Kier alpha value is -3.51. The number of anilines is 1. The van der Waals surface area contributed by atoms with Crippen LogP contribution in [-0.2, 0) is 6.54 Å². The maximum absolute atomic E-state index is 13.6. The lowest BCUT2D eigenvalue weighted by atomic mass is 10.0. The van der Waals surface area contributed by atoms with Crippen LogP contribution < -0.4 is 5.32 Å². The lowest BCUT2D eigenvalue weighted by molar-refractivity contribution is 0.194. The Kier molecular flexibility index (Phi) is 5.45. The molecule has 0 spiro atoms. The summed E-state index contributed by atoms with van der Waals surface area (Å²) in [7, 11) is 0. The van der Waals surface area contributed by atoms with Crippen LogP contribution in [0.2, 0.25) is 0 Å². The lowest BCUT2D eigenvalue weighted by Gasteiger charge is -2.31. The van der Waals surface area contributed by atoms with Crippen LogP contribution >= 0.6 is 11.8 Å². The third kappa shape index (κ3) is 3.78. The third-order valence-corrected chi connectivity index (χ3v) is 6.50. The Morgan fingerprint density at radius 1 is 0.969 bits per heavy atom. The molecule has 2 heterocycles. The molecular weight excluding hydrogens is 421 g/mol. The average Bonchev–Trinajstić information content (AvgIpc) is 3.25. The van der Waals surface area contributed by atoms with E-state index in [-0.39, 0.29) is 17.9 Å². The van der Waals surface area contributed by atoms with Crippen molar-refractivity contribution in [1.82, 2.24) is 9.47 Å². The highest BCUT2D eigenvalue weighted by Crippen LogP contribution is 2.37. The van der Waals surface area contributed by atoms with Crippen LogP contribution in [0.5, 0.6) is 0 Å². The van der Waals surface area contributed by atoms with E-state index in [2.05, 4.69) is 52.3 Å². The predicted molar refractivity (Wildman–Crippen MR) is 127 cm³/mol. The highest BCUT2D eigenvalue weighted by molar-refractivity contribution is 7.98. The molecule has 1 aromatic heterocycles. The molecule has 0 saturated heterocycles. The average molecular weight is 444 g/mol. The Labute approximate surface area is 190 Å². The van der Waals surface area contributed by atoms with Gasteiger partial charge in [0, 0.05) is 22.5 Å². The van der Waals surface area contributed by atoms with Crippen LogP contribution in [0.25, 0.3) is 5.69 Å². The molecule has 4 aromatic rings. The van der Waals surface area contributed by atoms with Gasteiger partial charge < -0.3 is 14.8 Å². The maximum Gasteiger partial charge on any atom is 0.322 e. The summed E-state index contributed by atoms with van der Waals surface area (Å²) in [5.41, 5.74) is 4.73. The van der Waals surface area contributed by atoms with Gasteiger partial charge in [0.15, 0.2) is 0 Å². The van der Waals surface area contributed by atoms with E-state index in [1.54, 1.807) is 23.9 Å². The van der Waals surface area contributed by atoms with E-state index < -0.39 is 0 Å². The van der Waals surface area contributed by atoms with Gasteiger partial charge in [-0.3, -0.25) is 0 Å². The van der Waals surface area contributed by atoms with E-state index in [1.165, 1.54) is 17.0 Å². The largest absolute Gasteiger partial charge is 0.322 e. The highest BCUT2D eigenvalue weighted by Gasteiger charge is 2.33. The molecule has 160 valence electrons. The zero-order chi connectivity index (χ0) is 22.1. The second-order valence-corrected chi connectivity index (χ2v) is 8.55. The topological polar surface area (TPSA) is 37.3 Å². The summed E-state index contributed by atoms with van der Waals surface area (Å²) in [6.45, 7) is 0.444. The zero-order valence-corrected chi connectivity index (χ0v) is 18.4. The summed E-state index contributed by atoms with van der Waals surface area (Å²) in [6, 6.07) is 25.9. The second-order valence-electron chi connectivity index (χ2n) is 7.67. The zero-order valence-electron chi connectivity index (χ0n) is 17.5. The van der Waals surface area contributed by atoms with Crippen molar-refractivity contribution < 1.29 is 9.18 Å². The fourth-order valence-electron chi connectivity index (χ4n) is 4.20. The van der Waals surface area contributed by atoms with Gasteiger partial charge in [0.05, 0.1) is 18.3 Å². The van der Waals surface area contributed by atoms with E-state index in [9.17, 15) is 9.18 Å². The molecule has 1 aliphatic rings. The summed E-state index contributed by atoms with van der Waals surface area (Å²) in [5, 5.41) is 2.95. The first-order valence-corrected chi connectivity index (χ1v) is 11.6. The summed E-state index contributed by atoms with van der Waals surface area (Å²) in [4.78, 5) is 16.6. The number of hydrogen-bond donors (Lipinski definition) is 1. The molecule has 1 atom stereocenters. The molecule has 2 amide bonds. The maximum atomic E-state index is 13.6. The molecule has 0 radical (unpaired) electrons. The first-order chi connectivity index (χ1) is 15.6. The van der Waals surface area contributed by atoms with Crippen LogP contribution in [0.3, 0.4) is 0 Å². The molecule has 0 bridgehead atoms. The lowest BCUT2D eigenvalue weighted by Crippen LogP contribution is -2.37. The number of rotatable bonds is 3. The Morgan fingerprint density at radius 2 is 1.72 bits per heavy atom. The van der Waals surface area contributed by atoms with E-state index in [4.69, 9.17) is 0 Å². The van der Waals surface area contributed by atoms with Crippen molar-refractivity contribution in [2.75, 3.05) is 11.6 Å². The van der Waals surface area contributed by atoms with Crippen LogP contribution in [-0.4, -0.2) is 21.8 Å². The molecular formula is C26H22FN3OS. The summed E-state index contributed by atoms with van der Waals surface area (Å²) >= 11 is 1.69. The fourth-order valence-corrected chi connectivity index (χ4v) is 4.61. The minimum absolute atomic E-state index is 0.236. The number of amides is 2. The van der Waals surface area contributed by atoms with Gasteiger partial charge in [-0.2, -0.15) is 0 Å². The number of nitrogens with zero attached hydrogens (tertiary/aromatic N) is 2. The number of carbonyl (C=O) groups excluding carboxylic acids is 1. The molecule has 1 aliphatic heterocycles. The van der Waals surface area contributed by atoms with E-state index in [1.807, 2.05) is 35.6 Å². The SMILES string of the molecule is CSc1ccc(C2c3cccn3-c3ccccc3CN2C(=O)Nc2ccc(F)cc2)cc1. The molecule has 0 saturated carbocycles. The number of halogens is 1. The second kappa shape index (κ2) is 8.55. The van der Waals surface area contributed by atoms with Crippen LogP contribution in [0.4, 0.5) is 14.9 Å². The van der Waals surface area contributed by atoms with Crippen LogP contribution in [0, 0.1) is 5.82 Å². The third-order valence-electron chi connectivity index (χ3n) is 5.75. The van der Waals surface area contributed by atoms with Crippen molar-refractivity contribution in [2.24, 2.45) is 0 Å². The van der Waals surface area contributed by atoms with Crippen molar-refractivity contribution in [3.05, 3.63) is 114 Å². The summed E-state index contributed by atoms with van der Waals surface area (Å²) < 4.78 is 15.5. The first-order valence-electron chi connectivity index (χ1n) is 10.4. The van der Waals surface area contributed by atoms with Crippen molar-refractivity contribution in [1.29, 1.82) is 0 Å². The molecule has 3 aromatic carbocycles. The molecule has 32 heavy (non-hydrogen) atoms. The number of nitrogens with one attached hydrogen (secondary N) is 1.